The fourth-order valence-electron chi connectivity index (χ4n) is 4.49. The van der Waals surface area contributed by atoms with Gasteiger partial charge in [0.15, 0.2) is 0 Å². The third-order valence-electron chi connectivity index (χ3n) is 5.58. The molecule has 2 aliphatic carbocycles. The molecule has 2 saturated carbocycles. The van der Waals surface area contributed by atoms with E-state index in [9.17, 15) is 14.4 Å². The highest BCUT2D eigenvalue weighted by molar-refractivity contribution is 9.12. The molecular weight excluding hydrogens is 511 g/mol. The van der Waals surface area contributed by atoms with Crippen molar-refractivity contribution < 1.29 is 14.4 Å². The largest absolute Gasteiger partial charge is 0.323 e. The molecular formula is C17H14Br2Cl2N2O3. The van der Waals surface area contributed by atoms with Crippen molar-refractivity contribution in [3.8, 4) is 0 Å². The summed E-state index contributed by atoms with van der Waals surface area (Å²) >= 11 is 19.2. The number of amides is 3. The van der Waals surface area contributed by atoms with E-state index in [1.807, 2.05) is 0 Å². The number of rotatable bonds is 3. The van der Waals surface area contributed by atoms with Gasteiger partial charge in [0.05, 0.1) is 22.5 Å². The summed E-state index contributed by atoms with van der Waals surface area (Å²) in [4.78, 5) is 39.4. The quantitative estimate of drug-likeness (QED) is 0.484. The first kappa shape index (κ1) is 18.7. The van der Waals surface area contributed by atoms with Gasteiger partial charge in [0.1, 0.15) is 6.54 Å². The van der Waals surface area contributed by atoms with Gasteiger partial charge in [0, 0.05) is 14.7 Å². The molecule has 0 aromatic heterocycles. The molecule has 1 aromatic rings. The van der Waals surface area contributed by atoms with Gasteiger partial charge in [-0.1, -0.05) is 55.1 Å². The number of nitrogens with zero attached hydrogens (tertiary/aromatic N) is 1. The Hall–Kier alpha value is -0.630. The molecule has 4 rings (SSSR count). The number of imide groups is 1. The number of carbonyl (C=O) groups excluding carboxylic acids is 3. The number of hydrogen-bond acceptors (Lipinski definition) is 3. The average Bonchev–Trinajstić information content (AvgIpc) is 3.19. The Bertz CT molecular complexity index is 789. The molecule has 1 aliphatic heterocycles. The van der Waals surface area contributed by atoms with Crippen molar-refractivity contribution in [3.05, 3.63) is 28.2 Å². The molecule has 3 amide bonds. The van der Waals surface area contributed by atoms with E-state index in [0.29, 0.717) is 15.7 Å². The van der Waals surface area contributed by atoms with Crippen LogP contribution < -0.4 is 5.32 Å². The van der Waals surface area contributed by atoms with Gasteiger partial charge in [-0.25, -0.2) is 0 Å². The SMILES string of the molecule is O=C(CN1C(=O)[C@@H]2[C@H]3C[C@@H]([C@H](Br)[C@H]3Br)[C@H]2C1=O)Nc1cc(Cl)ccc1Cl. The number of likely N-dealkylation sites (tertiary alicyclic amines) is 1. The summed E-state index contributed by atoms with van der Waals surface area (Å²) in [5, 5.41) is 3.38. The molecule has 1 heterocycles. The van der Waals surface area contributed by atoms with Gasteiger partial charge in [-0.3, -0.25) is 19.3 Å². The second kappa shape index (κ2) is 6.76. The standard InChI is InChI=1S/C17H14Br2Cl2N2O3/c18-14-7-4-8(15(14)19)13-12(7)16(25)23(17(13)26)5-11(24)22-10-3-6(20)1-2-9(10)21/h1-3,7-8,12-15H,4-5H2,(H,22,24)/t7-,8-,12-,13-,14+,15+/m1/s1. The fourth-order valence-corrected chi connectivity index (χ4v) is 6.70. The number of nitrogens with one attached hydrogen (secondary N) is 1. The van der Waals surface area contributed by atoms with E-state index in [4.69, 9.17) is 23.2 Å². The molecule has 1 saturated heterocycles. The molecule has 5 nitrogen and oxygen atoms in total. The van der Waals surface area contributed by atoms with Crippen LogP contribution in [-0.4, -0.2) is 38.8 Å². The lowest BCUT2D eigenvalue weighted by atomic mass is 9.81. The van der Waals surface area contributed by atoms with Crippen LogP contribution in [0.3, 0.4) is 0 Å². The van der Waals surface area contributed by atoms with E-state index in [-0.39, 0.29) is 51.7 Å². The molecule has 3 fully saturated rings. The number of carbonyl (C=O) groups is 3. The maximum atomic E-state index is 12.8. The second-order valence-corrected chi connectivity index (χ2v) is 9.90. The fraction of sp³-hybridized carbons (Fsp3) is 0.471. The van der Waals surface area contributed by atoms with Gasteiger partial charge in [-0.2, -0.15) is 0 Å². The first-order chi connectivity index (χ1) is 12.3. The minimum Gasteiger partial charge on any atom is -0.323 e. The molecule has 0 radical (unpaired) electrons. The van der Waals surface area contributed by atoms with Crippen molar-refractivity contribution in [1.29, 1.82) is 0 Å². The van der Waals surface area contributed by atoms with Gasteiger partial charge < -0.3 is 5.32 Å². The van der Waals surface area contributed by atoms with Crippen molar-refractivity contribution in [2.45, 2.75) is 16.1 Å². The zero-order valence-corrected chi connectivity index (χ0v) is 18.0. The summed E-state index contributed by atoms with van der Waals surface area (Å²) in [5.41, 5.74) is 0.351. The number of halogens is 4. The van der Waals surface area contributed by atoms with Crippen molar-refractivity contribution in [3.63, 3.8) is 0 Å². The van der Waals surface area contributed by atoms with Crippen LogP contribution in [0.2, 0.25) is 10.0 Å². The summed E-state index contributed by atoms with van der Waals surface area (Å²) in [7, 11) is 0. The Labute approximate surface area is 177 Å². The van der Waals surface area contributed by atoms with E-state index < -0.39 is 5.91 Å². The summed E-state index contributed by atoms with van der Waals surface area (Å²) in [6, 6.07) is 4.70. The second-order valence-electron chi connectivity index (χ2n) is 6.94. The van der Waals surface area contributed by atoms with Gasteiger partial charge in [0.25, 0.3) is 0 Å². The van der Waals surface area contributed by atoms with Gasteiger partial charge >= 0.3 is 0 Å². The predicted octanol–water partition coefficient (Wildman–Crippen LogP) is 3.71. The molecule has 3 aliphatic rings. The van der Waals surface area contributed by atoms with Gasteiger partial charge in [0.2, 0.25) is 17.7 Å². The summed E-state index contributed by atoms with van der Waals surface area (Å²) < 4.78 is 0. The summed E-state index contributed by atoms with van der Waals surface area (Å²) in [5.74, 6) is -1.37. The van der Waals surface area contributed by atoms with Crippen molar-refractivity contribution >= 4 is 78.5 Å². The average molecular weight is 525 g/mol. The third kappa shape index (κ3) is 2.82. The highest BCUT2D eigenvalue weighted by Gasteiger charge is 2.66. The molecule has 0 unspecified atom stereocenters. The number of anilines is 1. The maximum absolute atomic E-state index is 12.8. The summed E-state index contributed by atoms with van der Waals surface area (Å²) in [6.45, 7) is -0.313. The Morgan fingerprint density at radius 1 is 1.12 bits per heavy atom. The number of hydrogen-bond donors (Lipinski definition) is 1. The Morgan fingerprint density at radius 3 is 2.27 bits per heavy atom. The highest BCUT2D eigenvalue weighted by atomic mass is 79.9. The predicted molar refractivity (Wildman–Crippen MR) is 106 cm³/mol. The molecule has 6 atom stereocenters. The van der Waals surface area contributed by atoms with E-state index >= 15 is 0 Å². The van der Waals surface area contributed by atoms with Crippen LogP contribution in [0.4, 0.5) is 5.69 Å². The molecule has 2 bridgehead atoms. The first-order valence-electron chi connectivity index (χ1n) is 8.18. The van der Waals surface area contributed by atoms with Crippen LogP contribution in [-0.2, 0) is 14.4 Å². The monoisotopic (exact) mass is 522 g/mol. The topological polar surface area (TPSA) is 66.5 Å². The van der Waals surface area contributed by atoms with E-state index in [1.54, 1.807) is 12.1 Å². The number of alkyl halides is 2. The minimum absolute atomic E-state index is 0.126. The lowest BCUT2D eigenvalue weighted by molar-refractivity contribution is -0.143. The molecule has 1 N–H and O–H groups in total. The van der Waals surface area contributed by atoms with Crippen LogP contribution in [0.15, 0.2) is 18.2 Å². The Balaban J connectivity index is 1.49. The number of fused-ring (bicyclic) bond motifs is 5. The van der Waals surface area contributed by atoms with Gasteiger partial charge in [-0.15, -0.1) is 0 Å². The molecule has 138 valence electrons. The summed E-state index contributed by atoms with van der Waals surface area (Å²) in [6.07, 6.45) is 0.858. The van der Waals surface area contributed by atoms with Crippen LogP contribution in [0.5, 0.6) is 0 Å². The lowest BCUT2D eigenvalue weighted by Gasteiger charge is -2.28. The van der Waals surface area contributed by atoms with Crippen molar-refractivity contribution in [2.75, 3.05) is 11.9 Å². The van der Waals surface area contributed by atoms with E-state index in [2.05, 4.69) is 37.2 Å². The van der Waals surface area contributed by atoms with Crippen LogP contribution in [0, 0.1) is 23.7 Å². The lowest BCUT2D eigenvalue weighted by Crippen LogP contribution is -2.39. The molecule has 9 heteroatoms. The van der Waals surface area contributed by atoms with Crippen LogP contribution >= 0.6 is 55.1 Å². The maximum Gasteiger partial charge on any atom is 0.244 e. The number of benzene rings is 1. The third-order valence-corrected chi connectivity index (χ3v) is 9.35. The van der Waals surface area contributed by atoms with E-state index in [1.165, 1.54) is 6.07 Å². The normalized spacial score (nSPS) is 35.2. The Morgan fingerprint density at radius 2 is 1.69 bits per heavy atom. The van der Waals surface area contributed by atoms with Crippen molar-refractivity contribution in [2.24, 2.45) is 23.7 Å². The minimum atomic E-state index is -0.478. The Kier molecular flexibility index (Phi) is 4.87. The first-order valence-corrected chi connectivity index (χ1v) is 10.8. The van der Waals surface area contributed by atoms with Crippen LogP contribution in [0.1, 0.15) is 6.42 Å². The van der Waals surface area contributed by atoms with E-state index in [0.717, 1.165) is 11.3 Å². The van der Waals surface area contributed by atoms with Gasteiger partial charge in [-0.05, 0) is 36.5 Å². The molecule has 0 spiro atoms. The van der Waals surface area contributed by atoms with Crippen LogP contribution in [0.25, 0.3) is 0 Å². The zero-order chi connectivity index (χ0) is 18.7. The highest BCUT2D eigenvalue weighted by Crippen LogP contribution is 2.60. The van der Waals surface area contributed by atoms with Crippen molar-refractivity contribution in [1.82, 2.24) is 4.90 Å². The smallest absolute Gasteiger partial charge is 0.244 e. The molecule has 1 aromatic carbocycles. The zero-order valence-electron chi connectivity index (χ0n) is 13.3. The molecule has 26 heavy (non-hydrogen) atoms.